The lowest BCUT2D eigenvalue weighted by molar-refractivity contribution is -0.139. The van der Waals surface area contributed by atoms with Crippen molar-refractivity contribution < 1.29 is 36.4 Å². The summed E-state index contributed by atoms with van der Waals surface area (Å²) in [5.41, 5.74) is 0.253. The van der Waals surface area contributed by atoms with Crippen molar-refractivity contribution in [1.29, 1.82) is 0 Å². The number of hydrogen-bond donors (Lipinski definition) is 3. The molecule has 1 aromatic carbocycles. The van der Waals surface area contributed by atoms with E-state index in [2.05, 4.69) is 15.7 Å². The Balaban J connectivity index is 1.57. The average molecular weight is 682 g/mol. The van der Waals surface area contributed by atoms with Gasteiger partial charge in [0.15, 0.2) is 8.32 Å². The largest absolute Gasteiger partial charge is 0.416 e. The van der Waals surface area contributed by atoms with E-state index >= 15 is 4.39 Å². The number of hydrogen-bond acceptors (Lipinski definition) is 5. The van der Waals surface area contributed by atoms with E-state index in [4.69, 9.17) is 4.43 Å². The number of alkyl halides is 3. The minimum absolute atomic E-state index is 0.0834. The van der Waals surface area contributed by atoms with Gasteiger partial charge in [-0.05, 0) is 99.2 Å². The van der Waals surface area contributed by atoms with Crippen LogP contribution in [0.1, 0.15) is 88.3 Å². The molecule has 2 aliphatic rings. The van der Waals surface area contributed by atoms with Crippen molar-refractivity contribution in [3.05, 3.63) is 47.5 Å². The van der Waals surface area contributed by atoms with E-state index in [-0.39, 0.29) is 46.7 Å². The Kier molecular flexibility index (Phi) is 10.9. The Morgan fingerprint density at radius 3 is 2.15 bits per heavy atom. The minimum Gasteiger partial charge on any atom is -0.416 e. The average Bonchev–Trinajstić information content (AvgIpc) is 3.91. The molecule has 1 aromatic heterocycles. The van der Waals surface area contributed by atoms with Crippen LogP contribution < -0.4 is 16.0 Å². The number of benzene rings is 1. The van der Waals surface area contributed by atoms with Crippen molar-refractivity contribution in [2.24, 2.45) is 17.8 Å². The molecule has 1 heterocycles. The fraction of sp³-hybridized carbons (Fsp3) is 0.636. The molecule has 4 rings (SSSR count). The van der Waals surface area contributed by atoms with Crippen molar-refractivity contribution in [3.8, 4) is 0 Å². The van der Waals surface area contributed by atoms with Crippen LogP contribution in [-0.4, -0.2) is 61.2 Å². The van der Waals surface area contributed by atoms with Gasteiger partial charge in [0.05, 0.1) is 11.6 Å². The summed E-state index contributed by atoms with van der Waals surface area (Å²) >= 11 is 0. The number of anilines is 1. The van der Waals surface area contributed by atoms with Crippen LogP contribution in [0, 0.1) is 23.6 Å². The van der Waals surface area contributed by atoms with Gasteiger partial charge in [-0.25, -0.2) is 4.39 Å². The van der Waals surface area contributed by atoms with Gasteiger partial charge in [-0.15, -0.1) is 0 Å². The number of rotatable bonds is 14. The van der Waals surface area contributed by atoms with Crippen LogP contribution >= 0.6 is 0 Å². The van der Waals surface area contributed by atoms with E-state index in [1.165, 1.54) is 18.3 Å². The number of amides is 3. The van der Waals surface area contributed by atoms with Gasteiger partial charge in [0.1, 0.15) is 24.1 Å². The highest BCUT2D eigenvalue weighted by Crippen LogP contribution is 2.51. The first-order valence-corrected chi connectivity index (χ1v) is 19.1. The molecular weight excluding hydrogens is 634 g/mol. The van der Waals surface area contributed by atoms with Crippen LogP contribution in [0.4, 0.5) is 23.2 Å². The van der Waals surface area contributed by atoms with Gasteiger partial charge in [0.2, 0.25) is 11.8 Å². The smallest absolute Gasteiger partial charge is 0.405 e. The molecule has 2 aliphatic carbocycles. The van der Waals surface area contributed by atoms with Crippen molar-refractivity contribution in [1.82, 2.24) is 20.4 Å². The lowest BCUT2D eigenvalue weighted by atomic mass is 9.88. The second-order valence-corrected chi connectivity index (χ2v) is 19.5. The maximum Gasteiger partial charge on any atom is 0.405 e. The molecule has 47 heavy (non-hydrogen) atoms. The zero-order chi connectivity index (χ0) is 34.9. The normalized spacial score (nSPS) is 17.0. The van der Waals surface area contributed by atoms with E-state index in [0.29, 0.717) is 5.69 Å². The highest BCUT2D eigenvalue weighted by Gasteiger charge is 2.48. The fourth-order valence-corrected chi connectivity index (χ4v) is 6.57. The van der Waals surface area contributed by atoms with Crippen molar-refractivity contribution in [2.75, 3.05) is 18.5 Å². The Morgan fingerprint density at radius 2 is 1.64 bits per heavy atom. The molecule has 3 amide bonds. The summed E-state index contributed by atoms with van der Waals surface area (Å²) in [6.07, 6.45) is 0.684. The molecule has 0 radical (unpaired) electrons. The molecule has 0 aliphatic heterocycles. The third kappa shape index (κ3) is 9.43. The zero-order valence-corrected chi connectivity index (χ0v) is 29.1. The quantitative estimate of drug-likeness (QED) is 0.154. The summed E-state index contributed by atoms with van der Waals surface area (Å²) in [7, 11) is -2.42. The summed E-state index contributed by atoms with van der Waals surface area (Å²) in [5, 5.41) is 11.4. The molecule has 0 spiro atoms. The Morgan fingerprint density at radius 1 is 1.02 bits per heavy atom. The van der Waals surface area contributed by atoms with E-state index in [9.17, 15) is 27.6 Å². The molecule has 14 heteroatoms. The van der Waals surface area contributed by atoms with Gasteiger partial charge in [-0.2, -0.15) is 18.3 Å². The zero-order valence-electron chi connectivity index (χ0n) is 28.1. The van der Waals surface area contributed by atoms with E-state index in [1.54, 1.807) is 10.7 Å². The van der Waals surface area contributed by atoms with E-state index in [0.717, 1.165) is 31.7 Å². The molecule has 260 valence electrons. The van der Waals surface area contributed by atoms with Gasteiger partial charge >= 0.3 is 6.18 Å². The van der Waals surface area contributed by atoms with Crippen LogP contribution in [0.3, 0.4) is 0 Å². The summed E-state index contributed by atoms with van der Waals surface area (Å²) in [6, 6.07) is 4.31. The number of nitrogens with one attached hydrogen (secondary N) is 3. The highest BCUT2D eigenvalue weighted by atomic mass is 28.4. The first kappa shape index (κ1) is 36.6. The number of halogens is 4. The standard InChI is InChI=1S/C33H47F4N5O4Si/c1-19(2)42-26(14-15-39-42)30(44)41-28(27(20-8-9-20)21-10-11-21)31(45)40-25-13-12-22(16-24(25)34)23(29(43)38-18-33(35,36)37)17-46-47(6,7)32(3,4)5/h12-16,19-21,23,27-28H,8-11,17-18H2,1-7H3,(H,38,43)(H,40,45)(H,41,44)/t23?,28-/m0/s1. The van der Waals surface area contributed by atoms with Crippen LogP contribution in [0.25, 0.3) is 0 Å². The van der Waals surface area contributed by atoms with E-state index < -0.39 is 56.5 Å². The third-order valence-electron chi connectivity index (χ3n) is 9.53. The van der Waals surface area contributed by atoms with Gasteiger partial charge in [-0.1, -0.05) is 26.8 Å². The number of aromatic nitrogens is 2. The first-order valence-electron chi connectivity index (χ1n) is 16.2. The minimum atomic E-state index is -4.63. The van der Waals surface area contributed by atoms with E-state index in [1.807, 2.05) is 53.0 Å². The second kappa shape index (κ2) is 14.1. The van der Waals surface area contributed by atoms with Gasteiger partial charge in [0.25, 0.3) is 5.91 Å². The number of nitrogens with zero attached hydrogens (tertiary/aromatic N) is 2. The topological polar surface area (TPSA) is 114 Å². The van der Waals surface area contributed by atoms with Gasteiger partial charge in [-0.3, -0.25) is 19.1 Å². The van der Waals surface area contributed by atoms with Crippen molar-refractivity contribution in [2.45, 2.75) is 103 Å². The molecule has 9 nitrogen and oxygen atoms in total. The Labute approximate surface area is 274 Å². The van der Waals surface area contributed by atoms with Crippen LogP contribution in [0.5, 0.6) is 0 Å². The monoisotopic (exact) mass is 681 g/mol. The van der Waals surface area contributed by atoms with Gasteiger partial charge < -0.3 is 20.4 Å². The third-order valence-corrected chi connectivity index (χ3v) is 14.0. The van der Waals surface area contributed by atoms with Gasteiger partial charge in [0, 0.05) is 18.8 Å². The second-order valence-electron chi connectivity index (χ2n) is 14.6. The van der Waals surface area contributed by atoms with Crippen LogP contribution in [0.15, 0.2) is 30.5 Å². The predicted molar refractivity (Wildman–Crippen MR) is 173 cm³/mol. The Hall–Kier alpha value is -3.26. The molecule has 2 aromatic rings. The summed E-state index contributed by atoms with van der Waals surface area (Å²) in [5.74, 6) is -3.61. The molecule has 0 saturated heterocycles. The van der Waals surface area contributed by atoms with Crippen LogP contribution in [-0.2, 0) is 14.0 Å². The summed E-state index contributed by atoms with van der Waals surface area (Å²) in [6.45, 7) is 11.9. The lowest BCUT2D eigenvalue weighted by Crippen LogP contribution is -2.50. The number of carbonyl (C=O) groups excluding carboxylic acids is 3. The summed E-state index contributed by atoms with van der Waals surface area (Å²) < 4.78 is 62.2. The lowest BCUT2D eigenvalue weighted by Gasteiger charge is -2.37. The number of carbonyl (C=O) groups is 3. The maximum atomic E-state index is 15.6. The SMILES string of the molecule is CC(C)n1nccc1C(=O)N[C@H](C(=O)Nc1ccc(C(CO[Si](C)(C)C(C)(C)C)C(=O)NCC(F)(F)F)cc1F)C(C1CC1)C1CC1. The van der Waals surface area contributed by atoms with Crippen molar-refractivity contribution >= 4 is 31.7 Å². The fourth-order valence-electron chi connectivity index (χ4n) is 5.55. The molecule has 2 atom stereocenters. The molecule has 1 unspecified atom stereocenters. The Bertz CT molecular complexity index is 1440. The maximum absolute atomic E-state index is 15.6. The molecule has 2 saturated carbocycles. The molecule has 3 N–H and O–H groups in total. The molecular formula is C33H47F4N5O4Si. The highest BCUT2D eigenvalue weighted by molar-refractivity contribution is 6.74. The first-order chi connectivity index (χ1) is 21.8. The molecule has 2 fully saturated rings. The van der Waals surface area contributed by atoms with Crippen molar-refractivity contribution in [3.63, 3.8) is 0 Å². The predicted octanol–water partition coefficient (Wildman–Crippen LogP) is 6.56. The summed E-state index contributed by atoms with van der Waals surface area (Å²) in [4.78, 5) is 40.2. The van der Waals surface area contributed by atoms with Crippen LogP contribution in [0.2, 0.25) is 18.1 Å². The molecule has 0 bridgehead atoms.